The summed E-state index contributed by atoms with van der Waals surface area (Å²) in [6.45, 7) is 6.56. The predicted octanol–water partition coefficient (Wildman–Crippen LogP) is 0.899. The molecule has 6 nitrogen and oxygen atoms in total. The van der Waals surface area contributed by atoms with Crippen molar-refractivity contribution >= 4 is 5.97 Å². The Hall–Kier alpha value is -0.690. The van der Waals surface area contributed by atoms with Gasteiger partial charge in [-0.05, 0) is 26.3 Å². The number of carbonyl (C=O) groups is 1. The summed E-state index contributed by atoms with van der Waals surface area (Å²) in [5.41, 5.74) is -1.04. The molecule has 0 saturated carbocycles. The van der Waals surface area contributed by atoms with Crippen LogP contribution >= 0.6 is 0 Å². The molecule has 0 heterocycles. The van der Waals surface area contributed by atoms with Gasteiger partial charge in [-0.3, -0.25) is 4.79 Å². The summed E-state index contributed by atoms with van der Waals surface area (Å²) >= 11 is 0. The average Bonchev–Trinajstić information content (AvgIpc) is 2.39. The summed E-state index contributed by atoms with van der Waals surface area (Å²) in [4.78, 5) is 11.2. The van der Waals surface area contributed by atoms with Crippen LogP contribution in [0.2, 0.25) is 0 Å². The molecule has 0 amide bonds. The molecular formula is C13H27NO5. The van der Waals surface area contributed by atoms with Crippen molar-refractivity contribution in [3.63, 3.8) is 0 Å². The topological polar surface area (TPSA) is 77.0 Å². The van der Waals surface area contributed by atoms with E-state index in [9.17, 15) is 9.90 Å². The molecule has 0 spiro atoms. The number of hydrogen-bond donors (Lipinski definition) is 2. The van der Waals surface area contributed by atoms with Gasteiger partial charge in [0.25, 0.3) is 0 Å². The van der Waals surface area contributed by atoms with Gasteiger partial charge in [-0.25, -0.2) is 0 Å². The summed E-state index contributed by atoms with van der Waals surface area (Å²) in [6, 6.07) is 0. The number of hydrogen-bond acceptors (Lipinski definition) is 5. The molecule has 0 radical (unpaired) electrons. The van der Waals surface area contributed by atoms with E-state index in [1.807, 2.05) is 6.92 Å². The molecule has 0 fully saturated rings. The molecule has 0 aliphatic carbocycles. The van der Waals surface area contributed by atoms with Crippen molar-refractivity contribution in [2.45, 2.75) is 32.2 Å². The third-order valence-corrected chi connectivity index (χ3v) is 2.64. The van der Waals surface area contributed by atoms with Crippen molar-refractivity contribution in [3.05, 3.63) is 0 Å². The quantitative estimate of drug-likeness (QED) is 0.487. The second-order valence-corrected chi connectivity index (χ2v) is 4.58. The number of rotatable bonds is 13. The SMILES string of the molecule is CCCNC(C)(COCCOCCCOC)C(=O)O. The van der Waals surface area contributed by atoms with E-state index in [1.54, 1.807) is 14.0 Å². The minimum atomic E-state index is -1.04. The Labute approximate surface area is 115 Å². The second-order valence-electron chi connectivity index (χ2n) is 4.58. The smallest absolute Gasteiger partial charge is 0.326 e. The molecule has 0 rings (SSSR count). The Bertz CT molecular complexity index is 237. The van der Waals surface area contributed by atoms with E-state index in [0.29, 0.717) is 33.0 Å². The molecular weight excluding hydrogens is 250 g/mol. The molecule has 1 atom stereocenters. The van der Waals surface area contributed by atoms with E-state index in [4.69, 9.17) is 14.2 Å². The fourth-order valence-electron chi connectivity index (χ4n) is 1.39. The van der Waals surface area contributed by atoms with E-state index in [2.05, 4.69) is 5.32 Å². The summed E-state index contributed by atoms with van der Waals surface area (Å²) in [6.07, 6.45) is 1.73. The number of nitrogens with one attached hydrogen (secondary N) is 1. The van der Waals surface area contributed by atoms with Gasteiger partial charge in [-0.15, -0.1) is 0 Å². The van der Waals surface area contributed by atoms with E-state index < -0.39 is 11.5 Å². The van der Waals surface area contributed by atoms with Gasteiger partial charge in [0.2, 0.25) is 0 Å². The van der Waals surface area contributed by atoms with E-state index in [1.165, 1.54) is 0 Å². The summed E-state index contributed by atoms with van der Waals surface area (Å²) in [5, 5.41) is 12.2. The van der Waals surface area contributed by atoms with Crippen molar-refractivity contribution in [3.8, 4) is 0 Å². The zero-order valence-electron chi connectivity index (χ0n) is 12.2. The number of carboxylic acid groups (broad SMARTS) is 1. The van der Waals surface area contributed by atoms with Gasteiger partial charge in [0.05, 0.1) is 19.8 Å². The highest BCUT2D eigenvalue weighted by atomic mass is 16.5. The van der Waals surface area contributed by atoms with Crippen LogP contribution in [0.4, 0.5) is 0 Å². The fourth-order valence-corrected chi connectivity index (χ4v) is 1.39. The molecule has 6 heteroatoms. The van der Waals surface area contributed by atoms with Crippen LogP contribution in [0.3, 0.4) is 0 Å². The molecule has 114 valence electrons. The number of ether oxygens (including phenoxy) is 3. The van der Waals surface area contributed by atoms with E-state index >= 15 is 0 Å². The summed E-state index contributed by atoms with van der Waals surface area (Å²) < 4.78 is 15.6. The lowest BCUT2D eigenvalue weighted by molar-refractivity contribution is -0.147. The third-order valence-electron chi connectivity index (χ3n) is 2.64. The van der Waals surface area contributed by atoms with Crippen molar-refractivity contribution in [1.29, 1.82) is 0 Å². The van der Waals surface area contributed by atoms with Crippen LogP contribution in [0.1, 0.15) is 26.7 Å². The fraction of sp³-hybridized carbons (Fsp3) is 0.923. The summed E-state index contributed by atoms with van der Waals surface area (Å²) in [7, 11) is 1.65. The Kier molecular flexibility index (Phi) is 10.8. The highest BCUT2D eigenvalue weighted by Crippen LogP contribution is 2.05. The van der Waals surface area contributed by atoms with Gasteiger partial charge < -0.3 is 24.6 Å². The van der Waals surface area contributed by atoms with Gasteiger partial charge in [0.15, 0.2) is 0 Å². The van der Waals surface area contributed by atoms with Gasteiger partial charge in [-0.2, -0.15) is 0 Å². The molecule has 0 aliphatic rings. The minimum absolute atomic E-state index is 0.129. The maximum absolute atomic E-state index is 11.2. The maximum Gasteiger partial charge on any atom is 0.326 e. The Morgan fingerprint density at radius 2 is 1.89 bits per heavy atom. The Morgan fingerprint density at radius 1 is 1.21 bits per heavy atom. The van der Waals surface area contributed by atoms with E-state index in [0.717, 1.165) is 12.8 Å². The molecule has 0 aromatic rings. The molecule has 0 bridgehead atoms. The zero-order valence-corrected chi connectivity index (χ0v) is 12.2. The van der Waals surface area contributed by atoms with Crippen LogP contribution in [0, 0.1) is 0 Å². The van der Waals surface area contributed by atoms with Gasteiger partial charge in [0.1, 0.15) is 5.54 Å². The lowest BCUT2D eigenvalue weighted by Gasteiger charge is -2.25. The van der Waals surface area contributed by atoms with Crippen LogP contribution < -0.4 is 5.32 Å². The maximum atomic E-state index is 11.2. The van der Waals surface area contributed by atoms with Crippen LogP contribution in [-0.4, -0.2) is 63.3 Å². The van der Waals surface area contributed by atoms with Gasteiger partial charge in [-0.1, -0.05) is 6.92 Å². The van der Waals surface area contributed by atoms with Crippen LogP contribution in [0.15, 0.2) is 0 Å². The first kappa shape index (κ1) is 18.3. The number of methoxy groups -OCH3 is 1. The highest BCUT2D eigenvalue weighted by molar-refractivity contribution is 5.78. The van der Waals surface area contributed by atoms with Crippen molar-refractivity contribution in [2.24, 2.45) is 0 Å². The molecule has 0 aromatic carbocycles. The zero-order chi connectivity index (χ0) is 14.6. The number of carboxylic acids is 1. The predicted molar refractivity (Wildman–Crippen MR) is 72.5 cm³/mol. The lowest BCUT2D eigenvalue weighted by Crippen LogP contribution is -2.53. The minimum Gasteiger partial charge on any atom is -0.480 e. The largest absolute Gasteiger partial charge is 0.480 e. The van der Waals surface area contributed by atoms with Gasteiger partial charge >= 0.3 is 5.97 Å². The van der Waals surface area contributed by atoms with Crippen LogP contribution in [0.25, 0.3) is 0 Å². The Morgan fingerprint density at radius 3 is 2.47 bits per heavy atom. The highest BCUT2D eigenvalue weighted by Gasteiger charge is 2.32. The first-order valence-corrected chi connectivity index (χ1v) is 6.69. The lowest BCUT2D eigenvalue weighted by atomic mass is 10.0. The van der Waals surface area contributed by atoms with Crippen molar-refractivity contribution in [1.82, 2.24) is 5.32 Å². The van der Waals surface area contributed by atoms with Crippen molar-refractivity contribution in [2.75, 3.05) is 46.7 Å². The standard InChI is InChI=1S/C13H27NO5/c1-4-6-14-13(2,12(15)16)11-19-10-9-18-8-5-7-17-3/h14H,4-11H2,1-3H3,(H,15,16). The molecule has 0 aliphatic heterocycles. The summed E-state index contributed by atoms with van der Waals surface area (Å²) in [5.74, 6) is -0.901. The van der Waals surface area contributed by atoms with Crippen molar-refractivity contribution < 1.29 is 24.1 Å². The monoisotopic (exact) mass is 277 g/mol. The van der Waals surface area contributed by atoms with Gasteiger partial charge in [0, 0.05) is 20.3 Å². The van der Waals surface area contributed by atoms with Crippen LogP contribution in [0.5, 0.6) is 0 Å². The Balaban J connectivity index is 3.67. The first-order chi connectivity index (χ1) is 9.06. The second kappa shape index (κ2) is 11.2. The van der Waals surface area contributed by atoms with E-state index in [-0.39, 0.29) is 6.61 Å². The molecule has 19 heavy (non-hydrogen) atoms. The molecule has 1 unspecified atom stereocenters. The average molecular weight is 277 g/mol. The first-order valence-electron chi connectivity index (χ1n) is 6.69. The number of aliphatic carboxylic acids is 1. The molecule has 0 saturated heterocycles. The van der Waals surface area contributed by atoms with Crippen LogP contribution in [-0.2, 0) is 19.0 Å². The normalized spacial score (nSPS) is 14.3. The molecule has 0 aromatic heterocycles. The third kappa shape index (κ3) is 8.93. The molecule has 2 N–H and O–H groups in total.